The lowest BCUT2D eigenvalue weighted by Gasteiger charge is -2.32. The second-order valence-corrected chi connectivity index (χ2v) is 4.78. The number of nitrogens with zero attached hydrogens (tertiary/aromatic N) is 1. The Kier molecular flexibility index (Phi) is 2.58. The first-order chi connectivity index (χ1) is 6.68. The predicted octanol–water partition coefficient (Wildman–Crippen LogP) is 3.23. The summed E-state index contributed by atoms with van der Waals surface area (Å²) in [6.07, 6.45) is 10.2. The van der Waals surface area contributed by atoms with Gasteiger partial charge in [0.2, 0.25) is 0 Å². The summed E-state index contributed by atoms with van der Waals surface area (Å²) in [6.45, 7) is 6.72. The summed E-state index contributed by atoms with van der Waals surface area (Å²) in [7, 11) is 0. The number of fused-ring (bicyclic) bond motifs is 2. The van der Waals surface area contributed by atoms with E-state index in [2.05, 4.69) is 45.1 Å². The van der Waals surface area contributed by atoms with Crippen LogP contribution in [0.25, 0.3) is 0 Å². The minimum atomic E-state index is 0.502. The molecular formula is C13H19N. The Balaban J connectivity index is 2.31. The van der Waals surface area contributed by atoms with E-state index in [4.69, 9.17) is 4.99 Å². The highest BCUT2D eigenvalue weighted by molar-refractivity contribution is 5.87. The first-order valence-corrected chi connectivity index (χ1v) is 5.58. The average Bonchev–Trinajstić information content (AvgIpc) is 2.34. The van der Waals surface area contributed by atoms with Crippen LogP contribution >= 0.6 is 0 Å². The molecule has 0 N–H and O–H groups in total. The molecule has 2 bridgehead atoms. The molecule has 3 atom stereocenters. The summed E-state index contributed by atoms with van der Waals surface area (Å²) in [4.78, 5) is 4.84. The third kappa shape index (κ3) is 1.68. The van der Waals surface area contributed by atoms with Gasteiger partial charge in [-0.3, -0.25) is 4.99 Å². The minimum Gasteiger partial charge on any atom is -0.290 e. The zero-order chi connectivity index (χ0) is 10.1. The summed E-state index contributed by atoms with van der Waals surface area (Å²) >= 11 is 0. The molecule has 14 heavy (non-hydrogen) atoms. The Labute approximate surface area is 86.6 Å². The second-order valence-electron chi connectivity index (χ2n) is 4.78. The van der Waals surface area contributed by atoms with Gasteiger partial charge in [-0.15, -0.1) is 0 Å². The normalized spacial score (nSPS) is 35.7. The number of rotatable bonds is 1. The van der Waals surface area contributed by atoms with Crippen LogP contribution in [0.15, 0.2) is 29.3 Å². The summed E-state index contributed by atoms with van der Waals surface area (Å²) in [5.41, 5.74) is 1.32. The molecule has 1 heteroatoms. The van der Waals surface area contributed by atoms with E-state index in [9.17, 15) is 0 Å². The SMILES string of the molecule is CC1=N[C@@H](C(C)C)[C@H]2C=CC=C[C@@H]1C2. The first kappa shape index (κ1) is 9.70. The zero-order valence-electron chi connectivity index (χ0n) is 9.27. The number of aliphatic imine (C=N–C) groups is 1. The molecule has 76 valence electrons. The lowest BCUT2D eigenvalue weighted by molar-refractivity contribution is 0.351. The van der Waals surface area contributed by atoms with Gasteiger partial charge in [-0.1, -0.05) is 38.2 Å². The van der Waals surface area contributed by atoms with Gasteiger partial charge in [0, 0.05) is 17.5 Å². The average molecular weight is 189 g/mol. The molecule has 1 nitrogen and oxygen atoms in total. The lowest BCUT2D eigenvalue weighted by atomic mass is 9.80. The van der Waals surface area contributed by atoms with E-state index in [1.54, 1.807) is 0 Å². The number of hydrogen-bond acceptors (Lipinski definition) is 1. The highest BCUT2D eigenvalue weighted by Gasteiger charge is 2.30. The van der Waals surface area contributed by atoms with Gasteiger partial charge in [-0.2, -0.15) is 0 Å². The molecule has 0 unspecified atom stereocenters. The van der Waals surface area contributed by atoms with Gasteiger partial charge >= 0.3 is 0 Å². The third-order valence-corrected chi connectivity index (χ3v) is 3.35. The fourth-order valence-corrected chi connectivity index (χ4v) is 2.49. The fourth-order valence-electron chi connectivity index (χ4n) is 2.49. The van der Waals surface area contributed by atoms with Crippen molar-refractivity contribution in [3.63, 3.8) is 0 Å². The maximum atomic E-state index is 4.84. The van der Waals surface area contributed by atoms with Crippen LogP contribution in [0.4, 0.5) is 0 Å². The van der Waals surface area contributed by atoms with E-state index in [1.807, 2.05) is 0 Å². The molecule has 1 aliphatic carbocycles. The Morgan fingerprint density at radius 1 is 1.29 bits per heavy atom. The van der Waals surface area contributed by atoms with Crippen LogP contribution in [0, 0.1) is 17.8 Å². The minimum absolute atomic E-state index is 0.502. The second kappa shape index (κ2) is 3.72. The van der Waals surface area contributed by atoms with E-state index in [0.717, 1.165) is 0 Å². The van der Waals surface area contributed by atoms with Crippen molar-refractivity contribution in [1.29, 1.82) is 0 Å². The number of allylic oxidation sites excluding steroid dienone is 3. The number of hydrogen-bond donors (Lipinski definition) is 0. The van der Waals surface area contributed by atoms with Crippen LogP contribution in [0.3, 0.4) is 0 Å². The maximum Gasteiger partial charge on any atom is 0.0584 e. The van der Waals surface area contributed by atoms with E-state index in [-0.39, 0.29) is 0 Å². The Bertz CT molecular complexity index is 296. The van der Waals surface area contributed by atoms with Crippen LogP contribution in [0.2, 0.25) is 0 Å². The molecule has 1 aliphatic heterocycles. The summed E-state index contributed by atoms with van der Waals surface area (Å²) in [6, 6.07) is 0.502. The van der Waals surface area contributed by atoms with Crippen molar-refractivity contribution in [3.8, 4) is 0 Å². The van der Waals surface area contributed by atoms with Gasteiger partial charge in [0.25, 0.3) is 0 Å². The summed E-state index contributed by atoms with van der Waals surface area (Å²) in [5.74, 6) is 1.89. The van der Waals surface area contributed by atoms with E-state index in [1.165, 1.54) is 12.1 Å². The molecule has 0 saturated heterocycles. The molecule has 0 aromatic carbocycles. The Morgan fingerprint density at radius 2 is 2.00 bits per heavy atom. The molecule has 0 radical (unpaired) electrons. The van der Waals surface area contributed by atoms with E-state index in [0.29, 0.717) is 23.8 Å². The smallest absolute Gasteiger partial charge is 0.0584 e. The lowest BCUT2D eigenvalue weighted by Crippen LogP contribution is -2.32. The summed E-state index contributed by atoms with van der Waals surface area (Å²) < 4.78 is 0. The van der Waals surface area contributed by atoms with Crippen molar-refractivity contribution in [2.24, 2.45) is 22.7 Å². The van der Waals surface area contributed by atoms with E-state index >= 15 is 0 Å². The van der Waals surface area contributed by atoms with Crippen LogP contribution in [-0.2, 0) is 0 Å². The molecular weight excluding hydrogens is 170 g/mol. The van der Waals surface area contributed by atoms with Crippen LogP contribution in [0.1, 0.15) is 27.2 Å². The molecule has 0 amide bonds. The van der Waals surface area contributed by atoms with Gasteiger partial charge in [0.15, 0.2) is 0 Å². The van der Waals surface area contributed by atoms with Crippen molar-refractivity contribution >= 4 is 5.71 Å². The topological polar surface area (TPSA) is 12.4 Å². The van der Waals surface area contributed by atoms with E-state index < -0.39 is 0 Å². The maximum absolute atomic E-state index is 4.84. The molecule has 0 spiro atoms. The fraction of sp³-hybridized carbons (Fsp3) is 0.615. The Morgan fingerprint density at radius 3 is 2.71 bits per heavy atom. The largest absolute Gasteiger partial charge is 0.290 e. The monoisotopic (exact) mass is 189 g/mol. The molecule has 0 aromatic heterocycles. The summed E-state index contributed by atoms with van der Waals surface area (Å²) in [5, 5.41) is 0. The molecule has 0 aromatic rings. The van der Waals surface area contributed by atoms with Crippen molar-refractivity contribution in [2.45, 2.75) is 33.2 Å². The quantitative estimate of drug-likeness (QED) is 0.600. The predicted molar refractivity (Wildman–Crippen MR) is 61.6 cm³/mol. The Hall–Kier alpha value is -0.850. The van der Waals surface area contributed by atoms with Crippen molar-refractivity contribution < 1.29 is 0 Å². The van der Waals surface area contributed by atoms with Crippen molar-refractivity contribution in [3.05, 3.63) is 24.3 Å². The highest BCUT2D eigenvalue weighted by Crippen LogP contribution is 2.32. The highest BCUT2D eigenvalue weighted by atomic mass is 14.8. The first-order valence-electron chi connectivity index (χ1n) is 5.58. The van der Waals surface area contributed by atoms with Gasteiger partial charge in [-0.25, -0.2) is 0 Å². The molecule has 1 heterocycles. The van der Waals surface area contributed by atoms with Gasteiger partial charge in [0.05, 0.1) is 6.04 Å². The van der Waals surface area contributed by atoms with Gasteiger partial charge in [-0.05, 0) is 19.3 Å². The van der Waals surface area contributed by atoms with Crippen LogP contribution in [-0.4, -0.2) is 11.8 Å². The van der Waals surface area contributed by atoms with Crippen LogP contribution in [0.5, 0.6) is 0 Å². The molecule has 2 rings (SSSR count). The van der Waals surface area contributed by atoms with Crippen molar-refractivity contribution in [1.82, 2.24) is 0 Å². The molecule has 0 fully saturated rings. The molecule has 2 aliphatic rings. The third-order valence-electron chi connectivity index (χ3n) is 3.35. The zero-order valence-corrected chi connectivity index (χ0v) is 9.27. The van der Waals surface area contributed by atoms with Crippen molar-refractivity contribution in [2.75, 3.05) is 0 Å². The standard InChI is InChI=1S/C13H19N/c1-9(2)13-12-7-5-4-6-11(8-12)10(3)14-13/h4-7,9,11-13H,8H2,1-3H3/t11-,12+,13+/m1/s1. The van der Waals surface area contributed by atoms with Gasteiger partial charge in [0.1, 0.15) is 0 Å². The molecule has 0 saturated carbocycles. The van der Waals surface area contributed by atoms with Gasteiger partial charge < -0.3 is 0 Å². The van der Waals surface area contributed by atoms with Crippen LogP contribution < -0.4 is 0 Å².